The summed E-state index contributed by atoms with van der Waals surface area (Å²) in [6, 6.07) is -0.0516. The fraction of sp³-hybridized carbons (Fsp3) is 0.917. The van der Waals surface area contributed by atoms with Crippen molar-refractivity contribution in [1.82, 2.24) is 5.32 Å². The molecule has 0 bridgehead atoms. The van der Waals surface area contributed by atoms with Gasteiger partial charge in [0.1, 0.15) is 0 Å². The number of hydrogen-bond acceptors (Lipinski definition) is 2. The number of halogens is 3. The molecule has 106 valence electrons. The molecule has 0 spiro atoms. The molecule has 1 saturated carbocycles. The van der Waals surface area contributed by atoms with E-state index in [0.29, 0.717) is 6.61 Å². The van der Waals surface area contributed by atoms with Gasteiger partial charge in [-0.15, -0.1) is 0 Å². The Morgan fingerprint density at radius 3 is 2.61 bits per heavy atom. The molecule has 3 nitrogen and oxygen atoms in total. The summed E-state index contributed by atoms with van der Waals surface area (Å²) in [5, 5.41) is 3.64. The normalized spacial score (nSPS) is 21.6. The van der Waals surface area contributed by atoms with Crippen molar-refractivity contribution < 1.29 is 18.3 Å². The monoisotopic (exact) mass is 327 g/mol. The molecule has 1 rings (SSSR count). The number of rotatable bonds is 6. The Balaban J connectivity index is 2.39. The SMILES string of the molecule is COCC(CCBr)NC(=O)C1CCC(F)(F)CC1. The maximum atomic E-state index is 13.0. The average Bonchev–Trinajstić information content (AvgIpc) is 2.29. The lowest BCUT2D eigenvalue weighted by Crippen LogP contribution is -2.43. The zero-order chi connectivity index (χ0) is 13.6. The van der Waals surface area contributed by atoms with Crippen LogP contribution in [0.5, 0.6) is 0 Å². The van der Waals surface area contributed by atoms with Crippen molar-refractivity contribution in [2.75, 3.05) is 19.0 Å². The van der Waals surface area contributed by atoms with E-state index >= 15 is 0 Å². The summed E-state index contributed by atoms with van der Waals surface area (Å²) >= 11 is 3.31. The van der Waals surface area contributed by atoms with Gasteiger partial charge in [0, 0.05) is 31.2 Å². The van der Waals surface area contributed by atoms with Crippen molar-refractivity contribution >= 4 is 21.8 Å². The van der Waals surface area contributed by atoms with Gasteiger partial charge in [0.15, 0.2) is 0 Å². The highest BCUT2D eigenvalue weighted by Gasteiger charge is 2.37. The standard InChI is InChI=1S/C12H20BrF2NO2/c1-18-8-10(4-7-13)16-11(17)9-2-5-12(14,15)6-3-9/h9-10H,2-8H2,1H3,(H,16,17). The van der Waals surface area contributed by atoms with Crippen LogP contribution in [0.25, 0.3) is 0 Å². The van der Waals surface area contributed by atoms with Gasteiger partial charge in [0.2, 0.25) is 11.8 Å². The van der Waals surface area contributed by atoms with Gasteiger partial charge in [0.05, 0.1) is 12.6 Å². The zero-order valence-electron chi connectivity index (χ0n) is 10.6. The molecule has 6 heteroatoms. The lowest BCUT2D eigenvalue weighted by atomic mass is 9.86. The first kappa shape index (κ1) is 15.8. The molecular weight excluding hydrogens is 308 g/mol. The third-order valence-electron chi connectivity index (χ3n) is 3.26. The van der Waals surface area contributed by atoms with Gasteiger partial charge in [0.25, 0.3) is 0 Å². The predicted molar refractivity (Wildman–Crippen MR) is 69.1 cm³/mol. The van der Waals surface area contributed by atoms with Gasteiger partial charge in [-0.3, -0.25) is 4.79 Å². The van der Waals surface area contributed by atoms with Gasteiger partial charge in [-0.25, -0.2) is 8.78 Å². The molecule has 1 atom stereocenters. The number of ether oxygens (including phenoxy) is 1. The quantitative estimate of drug-likeness (QED) is 0.762. The van der Waals surface area contributed by atoms with Crippen LogP contribution in [0, 0.1) is 5.92 Å². The van der Waals surface area contributed by atoms with E-state index in [1.165, 1.54) is 0 Å². The summed E-state index contributed by atoms with van der Waals surface area (Å²) in [6.45, 7) is 0.445. The van der Waals surface area contributed by atoms with Gasteiger partial charge in [-0.1, -0.05) is 15.9 Å². The minimum Gasteiger partial charge on any atom is -0.383 e. The molecule has 1 aliphatic rings. The van der Waals surface area contributed by atoms with Crippen molar-refractivity contribution in [2.24, 2.45) is 5.92 Å². The number of carbonyl (C=O) groups is 1. The van der Waals surface area contributed by atoms with E-state index in [1.807, 2.05) is 0 Å². The highest BCUT2D eigenvalue weighted by molar-refractivity contribution is 9.09. The van der Waals surface area contributed by atoms with Crippen LogP contribution in [0.1, 0.15) is 32.1 Å². The Labute approximate surface area is 115 Å². The molecule has 1 N–H and O–H groups in total. The van der Waals surface area contributed by atoms with Gasteiger partial charge < -0.3 is 10.1 Å². The van der Waals surface area contributed by atoms with Crippen molar-refractivity contribution in [2.45, 2.75) is 44.1 Å². The number of nitrogens with one attached hydrogen (secondary N) is 1. The Morgan fingerprint density at radius 2 is 2.11 bits per heavy atom. The smallest absolute Gasteiger partial charge is 0.248 e. The van der Waals surface area contributed by atoms with Crippen LogP contribution in [-0.4, -0.2) is 36.9 Å². The highest BCUT2D eigenvalue weighted by atomic mass is 79.9. The van der Waals surface area contributed by atoms with Crippen molar-refractivity contribution in [3.05, 3.63) is 0 Å². The summed E-state index contributed by atoms with van der Waals surface area (Å²) in [5.41, 5.74) is 0. The Hall–Kier alpha value is -0.230. The number of amides is 1. The van der Waals surface area contributed by atoms with E-state index < -0.39 is 5.92 Å². The molecule has 18 heavy (non-hydrogen) atoms. The topological polar surface area (TPSA) is 38.3 Å². The molecule has 0 saturated heterocycles. The van der Waals surface area contributed by atoms with Crippen LogP contribution < -0.4 is 5.32 Å². The largest absolute Gasteiger partial charge is 0.383 e. The second-order valence-electron chi connectivity index (χ2n) is 4.77. The van der Waals surface area contributed by atoms with Crippen LogP contribution in [-0.2, 0) is 9.53 Å². The molecule has 0 aromatic rings. The maximum absolute atomic E-state index is 13.0. The summed E-state index contributed by atoms with van der Waals surface area (Å²) in [7, 11) is 1.58. The number of alkyl halides is 3. The van der Waals surface area contributed by atoms with E-state index in [1.54, 1.807) is 7.11 Å². The second-order valence-corrected chi connectivity index (χ2v) is 5.56. The van der Waals surface area contributed by atoms with Crippen LogP contribution >= 0.6 is 15.9 Å². The highest BCUT2D eigenvalue weighted by Crippen LogP contribution is 2.36. The Bertz CT molecular complexity index is 261. The first-order chi connectivity index (χ1) is 8.48. The minimum absolute atomic E-state index is 0.0516. The summed E-state index contributed by atoms with van der Waals surface area (Å²) < 4.78 is 31.0. The lowest BCUT2D eigenvalue weighted by molar-refractivity contribution is -0.130. The van der Waals surface area contributed by atoms with Gasteiger partial charge in [-0.05, 0) is 19.3 Å². The third-order valence-corrected chi connectivity index (χ3v) is 3.72. The summed E-state index contributed by atoms with van der Waals surface area (Å²) in [4.78, 5) is 11.9. The molecule has 0 aliphatic heterocycles. The minimum atomic E-state index is -2.58. The van der Waals surface area contributed by atoms with Crippen LogP contribution in [0.3, 0.4) is 0 Å². The molecule has 1 aliphatic carbocycles. The average molecular weight is 328 g/mol. The van der Waals surface area contributed by atoms with Gasteiger partial charge >= 0.3 is 0 Å². The zero-order valence-corrected chi connectivity index (χ0v) is 12.1. The summed E-state index contributed by atoms with van der Waals surface area (Å²) in [6.07, 6.45) is 0.944. The second kappa shape index (κ2) is 7.38. The fourth-order valence-corrected chi connectivity index (χ4v) is 2.70. The van der Waals surface area contributed by atoms with E-state index in [2.05, 4.69) is 21.2 Å². The van der Waals surface area contributed by atoms with Crippen molar-refractivity contribution in [1.29, 1.82) is 0 Å². The first-order valence-electron chi connectivity index (χ1n) is 6.21. The molecule has 1 unspecified atom stereocenters. The molecule has 0 aromatic carbocycles. The molecule has 0 heterocycles. The first-order valence-corrected chi connectivity index (χ1v) is 7.34. The number of methoxy groups -OCH3 is 1. The van der Waals surface area contributed by atoms with Crippen LogP contribution in [0.15, 0.2) is 0 Å². The number of carbonyl (C=O) groups excluding carboxylic acids is 1. The number of hydrogen-bond donors (Lipinski definition) is 1. The van der Waals surface area contributed by atoms with Gasteiger partial charge in [-0.2, -0.15) is 0 Å². The fourth-order valence-electron chi connectivity index (χ4n) is 2.15. The van der Waals surface area contributed by atoms with Crippen molar-refractivity contribution in [3.8, 4) is 0 Å². The summed E-state index contributed by atoms with van der Waals surface area (Å²) in [5.74, 6) is -2.98. The lowest BCUT2D eigenvalue weighted by Gasteiger charge is -2.28. The van der Waals surface area contributed by atoms with Crippen LogP contribution in [0.2, 0.25) is 0 Å². The van der Waals surface area contributed by atoms with Crippen molar-refractivity contribution in [3.63, 3.8) is 0 Å². The Morgan fingerprint density at radius 1 is 1.50 bits per heavy atom. The molecular formula is C12H20BrF2NO2. The Kier molecular flexibility index (Phi) is 6.49. The molecule has 1 fully saturated rings. The molecule has 1 amide bonds. The third kappa shape index (κ3) is 5.18. The van der Waals surface area contributed by atoms with E-state index in [-0.39, 0.29) is 43.6 Å². The van der Waals surface area contributed by atoms with E-state index in [4.69, 9.17) is 4.74 Å². The molecule has 0 radical (unpaired) electrons. The van der Waals surface area contributed by atoms with Crippen LogP contribution in [0.4, 0.5) is 8.78 Å². The van der Waals surface area contributed by atoms with E-state index in [0.717, 1.165) is 11.8 Å². The molecule has 0 aromatic heterocycles. The van der Waals surface area contributed by atoms with E-state index in [9.17, 15) is 13.6 Å². The maximum Gasteiger partial charge on any atom is 0.248 e. The predicted octanol–water partition coefficient (Wildman–Crippen LogP) is 2.73.